The number of nitrogens with zero attached hydrogens (tertiary/aromatic N) is 3. The lowest BCUT2D eigenvalue weighted by Gasteiger charge is -2.36. The van der Waals surface area contributed by atoms with Crippen LogP contribution in [-0.2, 0) is 4.74 Å². The molecule has 5 heteroatoms. The Kier molecular flexibility index (Phi) is 4.44. The minimum Gasteiger partial charge on any atom is -0.372 e. The van der Waals surface area contributed by atoms with Gasteiger partial charge in [-0.25, -0.2) is 4.98 Å². The summed E-state index contributed by atoms with van der Waals surface area (Å²) in [7, 11) is 1.98. The van der Waals surface area contributed by atoms with E-state index in [0.717, 1.165) is 30.7 Å². The van der Waals surface area contributed by atoms with Crippen molar-refractivity contribution in [2.75, 3.05) is 25.0 Å². The third-order valence-corrected chi connectivity index (χ3v) is 5.72. The molecular formula is C20H29N3O2. The normalized spacial score (nSPS) is 26.8. The van der Waals surface area contributed by atoms with Crippen molar-refractivity contribution < 1.29 is 9.53 Å². The number of carbonyl (C=O) groups excluding carboxylic acids is 1. The molecular weight excluding hydrogens is 314 g/mol. The molecule has 0 N–H and O–H groups in total. The summed E-state index contributed by atoms with van der Waals surface area (Å²) in [6, 6.07) is 4.35. The maximum absolute atomic E-state index is 12.9. The number of morpholine rings is 1. The molecule has 1 amide bonds. The number of carbonyl (C=O) groups is 1. The first-order valence-electron chi connectivity index (χ1n) is 9.66. The van der Waals surface area contributed by atoms with Crippen LogP contribution in [0, 0.1) is 11.8 Å². The number of aromatic nitrogens is 1. The fourth-order valence-electron chi connectivity index (χ4n) is 4.30. The van der Waals surface area contributed by atoms with E-state index >= 15 is 0 Å². The van der Waals surface area contributed by atoms with E-state index in [9.17, 15) is 4.79 Å². The molecule has 0 bridgehead atoms. The van der Waals surface area contributed by atoms with Crippen molar-refractivity contribution in [3.8, 4) is 0 Å². The van der Waals surface area contributed by atoms with Crippen LogP contribution in [0.2, 0.25) is 0 Å². The molecule has 2 atom stereocenters. The SMILES string of the molecule is C[C@@H]1CN(c2ccc(C(=O)N(C)C(C3CC3)C3CC3)cn2)C[C@H](C)O1. The lowest BCUT2D eigenvalue weighted by Crippen LogP contribution is -2.45. The average molecular weight is 343 g/mol. The Labute approximate surface area is 150 Å². The van der Waals surface area contributed by atoms with Gasteiger partial charge in [-0.1, -0.05) is 0 Å². The van der Waals surface area contributed by atoms with E-state index in [1.54, 1.807) is 6.20 Å². The van der Waals surface area contributed by atoms with E-state index in [2.05, 4.69) is 23.7 Å². The maximum atomic E-state index is 12.9. The molecule has 4 rings (SSSR count). The first-order chi connectivity index (χ1) is 12.0. The number of amides is 1. The van der Waals surface area contributed by atoms with E-state index in [-0.39, 0.29) is 18.1 Å². The lowest BCUT2D eigenvalue weighted by atomic mass is 10.0. The van der Waals surface area contributed by atoms with E-state index in [4.69, 9.17) is 4.74 Å². The first-order valence-corrected chi connectivity index (χ1v) is 9.66. The second-order valence-corrected chi connectivity index (χ2v) is 8.15. The third-order valence-electron chi connectivity index (χ3n) is 5.72. The maximum Gasteiger partial charge on any atom is 0.255 e. The van der Waals surface area contributed by atoms with Gasteiger partial charge in [0.05, 0.1) is 17.8 Å². The minimum atomic E-state index is 0.117. The number of anilines is 1. The number of ether oxygens (including phenoxy) is 1. The molecule has 2 aliphatic carbocycles. The van der Waals surface area contributed by atoms with Gasteiger partial charge in [0.2, 0.25) is 0 Å². The zero-order valence-electron chi connectivity index (χ0n) is 15.5. The predicted octanol–water partition coefficient (Wildman–Crippen LogP) is 2.96. The molecule has 25 heavy (non-hydrogen) atoms. The second-order valence-electron chi connectivity index (χ2n) is 8.15. The summed E-state index contributed by atoms with van der Waals surface area (Å²) in [5.74, 6) is 2.50. The molecule has 0 radical (unpaired) electrons. The minimum absolute atomic E-state index is 0.117. The number of pyridine rings is 1. The van der Waals surface area contributed by atoms with Crippen molar-refractivity contribution in [2.45, 2.75) is 57.8 Å². The molecule has 5 nitrogen and oxygen atoms in total. The summed E-state index contributed by atoms with van der Waals surface area (Å²) < 4.78 is 5.78. The van der Waals surface area contributed by atoms with Gasteiger partial charge >= 0.3 is 0 Å². The fraction of sp³-hybridized carbons (Fsp3) is 0.700. The van der Waals surface area contributed by atoms with Crippen LogP contribution in [0.25, 0.3) is 0 Å². The van der Waals surface area contributed by atoms with Gasteiger partial charge in [-0.15, -0.1) is 0 Å². The molecule has 2 heterocycles. The molecule has 0 unspecified atom stereocenters. The van der Waals surface area contributed by atoms with Crippen LogP contribution in [0.4, 0.5) is 5.82 Å². The molecule has 1 aromatic rings. The number of rotatable bonds is 5. The van der Waals surface area contributed by atoms with Crippen LogP contribution in [-0.4, -0.2) is 54.2 Å². The molecule has 3 aliphatic rings. The smallest absolute Gasteiger partial charge is 0.255 e. The highest BCUT2D eigenvalue weighted by atomic mass is 16.5. The quantitative estimate of drug-likeness (QED) is 0.825. The summed E-state index contributed by atoms with van der Waals surface area (Å²) in [6.45, 7) is 5.86. The molecule has 2 saturated carbocycles. The van der Waals surface area contributed by atoms with Crippen LogP contribution in [0.5, 0.6) is 0 Å². The molecule has 1 saturated heterocycles. The highest BCUT2D eigenvalue weighted by molar-refractivity contribution is 5.94. The van der Waals surface area contributed by atoms with E-state index in [1.165, 1.54) is 25.7 Å². The second kappa shape index (κ2) is 6.60. The van der Waals surface area contributed by atoms with Crippen LogP contribution in [0.15, 0.2) is 18.3 Å². The van der Waals surface area contributed by atoms with E-state index in [1.807, 2.05) is 24.1 Å². The van der Waals surface area contributed by atoms with Gasteiger partial charge in [-0.3, -0.25) is 4.79 Å². The summed E-state index contributed by atoms with van der Waals surface area (Å²) in [4.78, 5) is 21.7. The van der Waals surface area contributed by atoms with Crippen molar-refractivity contribution in [3.05, 3.63) is 23.9 Å². The zero-order valence-corrected chi connectivity index (χ0v) is 15.5. The van der Waals surface area contributed by atoms with Gasteiger partial charge in [-0.05, 0) is 63.5 Å². The van der Waals surface area contributed by atoms with Crippen molar-refractivity contribution in [2.24, 2.45) is 11.8 Å². The van der Waals surface area contributed by atoms with Gasteiger partial charge in [0.1, 0.15) is 5.82 Å². The summed E-state index contributed by atoms with van der Waals surface area (Å²) in [5.41, 5.74) is 0.701. The van der Waals surface area contributed by atoms with Gasteiger partial charge in [0.15, 0.2) is 0 Å². The monoisotopic (exact) mass is 343 g/mol. The molecule has 3 fully saturated rings. The predicted molar refractivity (Wildman–Crippen MR) is 97.8 cm³/mol. The molecule has 1 aliphatic heterocycles. The Balaban J connectivity index is 1.45. The Morgan fingerprint density at radius 3 is 2.24 bits per heavy atom. The van der Waals surface area contributed by atoms with Crippen LogP contribution >= 0.6 is 0 Å². The van der Waals surface area contributed by atoms with Gasteiger partial charge in [0.25, 0.3) is 5.91 Å². The number of hydrogen-bond acceptors (Lipinski definition) is 4. The third kappa shape index (κ3) is 3.66. The highest BCUT2D eigenvalue weighted by Crippen LogP contribution is 2.47. The van der Waals surface area contributed by atoms with Crippen molar-refractivity contribution in [1.82, 2.24) is 9.88 Å². The van der Waals surface area contributed by atoms with Crippen LogP contribution in [0.3, 0.4) is 0 Å². The summed E-state index contributed by atoms with van der Waals surface area (Å²) in [5, 5.41) is 0. The molecule has 0 spiro atoms. The Bertz CT molecular complexity index is 602. The van der Waals surface area contributed by atoms with Crippen LogP contribution < -0.4 is 4.90 Å². The standard InChI is InChI=1S/C20H29N3O2/c1-13-11-23(12-14(2)25-13)18-9-8-17(10-21-18)20(24)22(3)19(15-4-5-15)16-6-7-16/h8-10,13-16,19H,4-7,11-12H2,1-3H3/t13-,14+. The van der Waals surface area contributed by atoms with Crippen LogP contribution in [0.1, 0.15) is 49.9 Å². The zero-order chi connectivity index (χ0) is 17.6. The Hall–Kier alpha value is -1.62. The van der Waals surface area contributed by atoms with Crippen molar-refractivity contribution >= 4 is 11.7 Å². The topological polar surface area (TPSA) is 45.7 Å². The highest BCUT2D eigenvalue weighted by Gasteiger charge is 2.45. The molecule has 1 aromatic heterocycles. The number of hydrogen-bond donors (Lipinski definition) is 0. The van der Waals surface area contributed by atoms with Gasteiger partial charge in [-0.2, -0.15) is 0 Å². The average Bonchev–Trinajstić information content (AvgIpc) is 3.48. The fourth-order valence-corrected chi connectivity index (χ4v) is 4.30. The molecule has 136 valence electrons. The van der Waals surface area contributed by atoms with Gasteiger partial charge in [0, 0.05) is 32.4 Å². The van der Waals surface area contributed by atoms with E-state index < -0.39 is 0 Å². The Morgan fingerprint density at radius 2 is 1.76 bits per heavy atom. The van der Waals surface area contributed by atoms with Crippen molar-refractivity contribution in [3.63, 3.8) is 0 Å². The van der Waals surface area contributed by atoms with Gasteiger partial charge < -0.3 is 14.5 Å². The van der Waals surface area contributed by atoms with E-state index in [0.29, 0.717) is 11.6 Å². The lowest BCUT2D eigenvalue weighted by molar-refractivity contribution is -0.00546. The first kappa shape index (κ1) is 16.8. The molecule has 0 aromatic carbocycles. The summed E-state index contributed by atoms with van der Waals surface area (Å²) >= 11 is 0. The Morgan fingerprint density at radius 1 is 1.16 bits per heavy atom. The van der Waals surface area contributed by atoms with Crippen molar-refractivity contribution in [1.29, 1.82) is 0 Å². The largest absolute Gasteiger partial charge is 0.372 e. The summed E-state index contributed by atoms with van der Waals surface area (Å²) in [6.07, 6.45) is 7.28.